The number of likely N-dealkylation sites (tertiary alicyclic amines) is 1. The fourth-order valence-corrected chi connectivity index (χ4v) is 8.73. The molecule has 53 heavy (non-hydrogen) atoms. The van der Waals surface area contributed by atoms with Crippen molar-refractivity contribution in [1.29, 1.82) is 0 Å². The Hall–Kier alpha value is -3.21. The number of amides is 1. The van der Waals surface area contributed by atoms with Crippen molar-refractivity contribution in [2.75, 3.05) is 54.0 Å². The van der Waals surface area contributed by atoms with Gasteiger partial charge in [0.05, 0.1) is 32.7 Å². The smallest absolute Gasteiger partial charge is 0.430 e. The van der Waals surface area contributed by atoms with Crippen molar-refractivity contribution in [2.45, 2.75) is 69.2 Å². The molecule has 1 N–H and O–H groups in total. The molecule has 2 aromatic carbocycles. The number of rotatable bonds is 10. The van der Waals surface area contributed by atoms with Crippen LogP contribution in [0, 0.1) is 19.8 Å². The molecule has 292 valence electrons. The van der Waals surface area contributed by atoms with E-state index in [-0.39, 0.29) is 53.5 Å². The lowest BCUT2D eigenvalue weighted by Crippen LogP contribution is -2.62. The summed E-state index contributed by atoms with van der Waals surface area (Å²) in [6.45, 7) is 6.71. The van der Waals surface area contributed by atoms with E-state index in [4.69, 9.17) is 42.6 Å². The summed E-state index contributed by atoms with van der Waals surface area (Å²) in [7, 11) is 2.31. The van der Waals surface area contributed by atoms with Crippen LogP contribution in [0.2, 0.25) is 10.0 Å². The number of fused-ring (bicyclic) bond motifs is 1. The van der Waals surface area contributed by atoms with Crippen molar-refractivity contribution in [3.8, 4) is 5.75 Å². The van der Waals surface area contributed by atoms with Crippen LogP contribution in [0.15, 0.2) is 41.3 Å². The minimum Gasteiger partial charge on any atom is -0.542 e. The number of halogens is 5. The third-order valence-electron chi connectivity index (χ3n) is 9.38. The van der Waals surface area contributed by atoms with Crippen molar-refractivity contribution in [1.82, 2.24) is 14.6 Å². The number of carboxylic acids is 1. The number of aryl methyl sites for hydroxylation is 2. The molecular formula is C36H45Cl2F3N4O7S. The van der Waals surface area contributed by atoms with E-state index in [0.29, 0.717) is 35.8 Å². The van der Waals surface area contributed by atoms with E-state index >= 15 is 0 Å². The van der Waals surface area contributed by atoms with Gasteiger partial charge in [0.25, 0.3) is 0 Å². The summed E-state index contributed by atoms with van der Waals surface area (Å²) >= 11 is 13.3. The van der Waals surface area contributed by atoms with Gasteiger partial charge in [-0.25, -0.2) is 13.4 Å². The number of piperidine rings is 1. The van der Waals surface area contributed by atoms with Gasteiger partial charge in [-0.15, -0.1) is 0 Å². The monoisotopic (exact) mass is 804 g/mol. The van der Waals surface area contributed by atoms with Gasteiger partial charge in [0, 0.05) is 48.0 Å². The van der Waals surface area contributed by atoms with Crippen LogP contribution in [0.3, 0.4) is 0 Å². The first-order chi connectivity index (χ1) is 24.6. The largest absolute Gasteiger partial charge is 0.542 e. The SMILES string of the molecule is Cc1cc(C)c2cccc(OCc3c(Cl)ccc(S(=O)(=O)NC4(C(=O)N5CCC(CC[N+](C)(C)C)CC5)CCOCC4)c3Cl)c2n1.O=C([O-])C(F)(F)F. The molecule has 17 heteroatoms. The van der Waals surface area contributed by atoms with Crippen LogP contribution in [-0.2, 0) is 31.0 Å². The van der Waals surface area contributed by atoms with Gasteiger partial charge >= 0.3 is 6.18 Å². The highest BCUT2D eigenvalue weighted by Crippen LogP contribution is 2.36. The molecule has 0 spiro atoms. The van der Waals surface area contributed by atoms with Gasteiger partial charge in [-0.05, 0) is 81.7 Å². The van der Waals surface area contributed by atoms with Crippen LogP contribution in [-0.4, -0.2) is 100 Å². The van der Waals surface area contributed by atoms with Crippen LogP contribution >= 0.6 is 23.2 Å². The summed E-state index contributed by atoms with van der Waals surface area (Å²) in [5, 5.41) is 9.97. The minimum absolute atomic E-state index is 0.0479. The highest BCUT2D eigenvalue weighted by molar-refractivity contribution is 7.89. The van der Waals surface area contributed by atoms with Gasteiger partial charge in [-0.2, -0.15) is 17.9 Å². The van der Waals surface area contributed by atoms with Crippen LogP contribution < -0.4 is 14.6 Å². The van der Waals surface area contributed by atoms with Gasteiger partial charge in [0.1, 0.15) is 34.3 Å². The lowest BCUT2D eigenvalue weighted by Gasteiger charge is -2.42. The van der Waals surface area contributed by atoms with Crippen LogP contribution in [0.5, 0.6) is 5.75 Å². The number of ether oxygens (including phenoxy) is 2. The van der Waals surface area contributed by atoms with Crippen molar-refractivity contribution in [3.05, 3.63) is 63.3 Å². The predicted octanol–water partition coefficient (Wildman–Crippen LogP) is 5.20. The molecule has 5 rings (SSSR count). The topological polar surface area (TPSA) is 138 Å². The van der Waals surface area contributed by atoms with Crippen LogP contribution in [0.4, 0.5) is 13.2 Å². The maximum atomic E-state index is 14.1. The van der Waals surface area contributed by atoms with E-state index in [1.807, 2.05) is 43.0 Å². The number of carbonyl (C=O) groups is 2. The van der Waals surface area contributed by atoms with Crippen molar-refractivity contribution in [2.24, 2.45) is 5.92 Å². The molecule has 11 nitrogen and oxygen atoms in total. The number of carboxylic acid groups (broad SMARTS) is 1. The number of aliphatic carboxylic acids is 1. The number of pyridine rings is 1. The molecule has 2 aliphatic heterocycles. The highest BCUT2D eigenvalue weighted by Gasteiger charge is 2.47. The number of hydrogen-bond donors (Lipinski definition) is 1. The Morgan fingerprint density at radius 2 is 1.72 bits per heavy atom. The summed E-state index contributed by atoms with van der Waals surface area (Å²) in [6.07, 6.45) is -1.80. The van der Waals surface area contributed by atoms with Gasteiger partial charge < -0.3 is 28.8 Å². The first kappa shape index (κ1) is 42.5. The zero-order chi connectivity index (χ0) is 39.4. The number of sulfonamides is 1. The number of benzene rings is 2. The maximum absolute atomic E-state index is 14.1. The highest BCUT2D eigenvalue weighted by atomic mass is 35.5. The Balaban J connectivity index is 0.000000815. The molecule has 2 aliphatic rings. The molecule has 3 aromatic rings. The Kier molecular flexibility index (Phi) is 13.7. The first-order valence-electron chi connectivity index (χ1n) is 17.1. The van der Waals surface area contributed by atoms with Gasteiger partial charge in [0.15, 0.2) is 0 Å². The summed E-state index contributed by atoms with van der Waals surface area (Å²) in [5.41, 5.74) is 1.64. The molecule has 0 saturated carbocycles. The number of carbonyl (C=O) groups excluding carboxylic acids is 2. The van der Waals surface area contributed by atoms with Crippen LogP contribution in [0.1, 0.15) is 48.9 Å². The second-order valence-electron chi connectivity index (χ2n) is 14.5. The summed E-state index contributed by atoms with van der Waals surface area (Å²) < 4.78 is 75.0. The Labute approximate surface area is 318 Å². The second kappa shape index (κ2) is 17.1. The lowest BCUT2D eigenvalue weighted by atomic mass is 9.87. The molecule has 1 amide bonds. The molecule has 0 aliphatic carbocycles. The van der Waals surface area contributed by atoms with E-state index in [0.717, 1.165) is 46.9 Å². The van der Waals surface area contributed by atoms with E-state index in [1.165, 1.54) is 12.1 Å². The molecule has 2 fully saturated rings. The molecular weight excluding hydrogens is 760 g/mol. The van der Waals surface area contributed by atoms with E-state index < -0.39 is 27.7 Å². The zero-order valence-corrected chi connectivity index (χ0v) is 32.6. The number of aromatic nitrogens is 1. The number of quaternary nitrogens is 1. The maximum Gasteiger partial charge on any atom is 0.430 e. The van der Waals surface area contributed by atoms with E-state index in [9.17, 15) is 26.4 Å². The van der Waals surface area contributed by atoms with Crippen molar-refractivity contribution < 1.29 is 50.2 Å². The number of hydrogen-bond acceptors (Lipinski definition) is 8. The predicted molar refractivity (Wildman–Crippen MR) is 193 cm³/mol. The second-order valence-corrected chi connectivity index (χ2v) is 16.9. The molecule has 3 heterocycles. The number of nitrogens with one attached hydrogen (secondary N) is 1. The number of alkyl halides is 3. The number of para-hydroxylation sites is 1. The van der Waals surface area contributed by atoms with Gasteiger partial charge in [0.2, 0.25) is 15.9 Å². The Bertz CT molecular complexity index is 1910. The average Bonchev–Trinajstić information content (AvgIpc) is 3.07. The quantitative estimate of drug-likeness (QED) is 0.277. The Morgan fingerprint density at radius 3 is 2.30 bits per heavy atom. The van der Waals surface area contributed by atoms with E-state index in [1.54, 1.807) is 0 Å². The van der Waals surface area contributed by atoms with Crippen molar-refractivity contribution >= 4 is 56.0 Å². The average molecular weight is 806 g/mol. The van der Waals surface area contributed by atoms with Gasteiger partial charge in [-0.3, -0.25) is 4.79 Å². The number of nitrogens with zero attached hydrogens (tertiary/aromatic N) is 3. The first-order valence-corrected chi connectivity index (χ1v) is 19.3. The summed E-state index contributed by atoms with van der Waals surface area (Å²) in [6, 6.07) is 10.5. The van der Waals surface area contributed by atoms with E-state index in [2.05, 4.69) is 30.8 Å². The fraction of sp³-hybridized carbons (Fsp3) is 0.528. The minimum atomic E-state index is -5.19. The molecule has 0 radical (unpaired) electrons. The normalized spacial score (nSPS) is 16.9. The standard InChI is InChI=1S/C34H45Cl2N4O5S.C2HF3O2/c1-23-21-24(2)37-32-26(23)7-6-8-29(32)45-22-27-28(35)9-10-30(31(27)36)46(42,43)38-34(14-19-44-20-15-34)33(41)39-16-11-25(12-17-39)13-18-40(3,4)5;3-2(4,5)1(6)7/h6-10,21,25,38H,11-20,22H2,1-5H3;(H,6,7)/q+1;/p-1. The van der Waals surface area contributed by atoms with Crippen molar-refractivity contribution in [3.63, 3.8) is 0 Å². The third kappa shape index (κ3) is 10.9. The molecule has 1 aromatic heterocycles. The summed E-state index contributed by atoms with van der Waals surface area (Å²) in [5.74, 6) is -2.12. The van der Waals surface area contributed by atoms with Crippen LogP contribution in [0.25, 0.3) is 10.9 Å². The molecule has 2 saturated heterocycles. The fourth-order valence-electron chi connectivity index (χ4n) is 6.43. The van der Waals surface area contributed by atoms with Gasteiger partial charge in [-0.1, -0.05) is 35.3 Å². The molecule has 0 unspecified atom stereocenters. The Morgan fingerprint density at radius 1 is 1.09 bits per heavy atom. The molecule has 0 bridgehead atoms. The molecule has 0 atom stereocenters. The third-order valence-corrected chi connectivity index (χ3v) is 11.9. The summed E-state index contributed by atoms with van der Waals surface area (Å²) in [4.78, 5) is 29.2. The zero-order valence-electron chi connectivity index (χ0n) is 30.3. The lowest BCUT2D eigenvalue weighted by molar-refractivity contribution is -0.871.